The van der Waals surface area contributed by atoms with Gasteiger partial charge in [0.2, 0.25) is 5.91 Å². The molecule has 0 radical (unpaired) electrons. The molecule has 2 atom stereocenters. The number of hydrogen-bond donors (Lipinski definition) is 5. The number of rotatable bonds is 16. The number of anilines is 1. The maximum Gasteiger partial charge on any atom is 0.475 e. The van der Waals surface area contributed by atoms with Crippen molar-refractivity contribution in [3.05, 3.63) is 39.9 Å². The van der Waals surface area contributed by atoms with E-state index in [-0.39, 0.29) is 44.5 Å². The quantitative estimate of drug-likeness (QED) is 0.0411. The molecule has 6 N–H and O–H groups in total. The number of nitrogens with one attached hydrogen (secondary N) is 2. The smallest absolute Gasteiger partial charge is 0.426 e. The van der Waals surface area contributed by atoms with Crippen molar-refractivity contribution in [1.82, 2.24) is 10.7 Å². The third-order valence-electron chi connectivity index (χ3n) is 5.73. The number of nitrogens with two attached hydrogens (primary N) is 1. The Morgan fingerprint density at radius 1 is 1.19 bits per heavy atom. The van der Waals surface area contributed by atoms with Crippen molar-refractivity contribution in [3.8, 4) is 0 Å². The van der Waals surface area contributed by atoms with E-state index >= 15 is 0 Å². The molecule has 1 aromatic carbocycles. The predicted molar refractivity (Wildman–Crippen MR) is 147 cm³/mol. The Bertz CT molecular complexity index is 877. The van der Waals surface area contributed by atoms with Crippen molar-refractivity contribution < 1.29 is 24.7 Å². The van der Waals surface area contributed by atoms with Crippen molar-refractivity contribution in [2.75, 3.05) is 24.5 Å². The zero-order valence-corrected chi connectivity index (χ0v) is 21.5. The van der Waals surface area contributed by atoms with Gasteiger partial charge < -0.3 is 26.0 Å². The molecule has 0 aliphatic heterocycles. The zero-order valence-electron chi connectivity index (χ0n) is 21.5. The summed E-state index contributed by atoms with van der Waals surface area (Å²) in [5, 5.41) is 31.6. The Balaban J connectivity index is 0.0000130. The number of nitro groups is 1. The maximum atomic E-state index is 13.0. The molecule has 12 nitrogen and oxygen atoms in total. The summed E-state index contributed by atoms with van der Waals surface area (Å²) in [6, 6.07) is 7.21. The predicted octanol–water partition coefficient (Wildman–Crippen LogP) is 1.78. The molecule has 0 heterocycles. The summed E-state index contributed by atoms with van der Waals surface area (Å²) in [5.41, 5.74) is 8.63. The summed E-state index contributed by atoms with van der Waals surface area (Å²) in [6.07, 6.45) is 0.853. The number of benzene rings is 1. The second kappa shape index (κ2) is 17.3. The Morgan fingerprint density at radius 2 is 1.78 bits per heavy atom. The van der Waals surface area contributed by atoms with Crippen LogP contribution in [0.2, 0.25) is 0 Å². The van der Waals surface area contributed by atoms with Crippen molar-refractivity contribution in [2.45, 2.75) is 66.7 Å². The van der Waals surface area contributed by atoms with Gasteiger partial charge in [-0.15, -0.1) is 0 Å². The highest BCUT2D eigenvalue weighted by Gasteiger charge is 2.30. The highest BCUT2D eigenvalue weighted by atomic mass is 16.7. The lowest BCUT2D eigenvalue weighted by molar-refractivity contribution is -0.525. The number of Topliss-reactive ketones (excluding diaryl/α,β-unsaturated/α-hetero) is 1. The van der Waals surface area contributed by atoms with E-state index in [1.165, 1.54) is 0 Å². The second-order valence-corrected chi connectivity index (χ2v) is 8.98. The van der Waals surface area contributed by atoms with E-state index in [4.69, 9.17) is 5.73 Å². The Morgan fingerprint density at radius 3 is 2.27 bits per heavy atom. The average molecular weight is 522 g/mol. The zero-order chi connectivity index (χ0) is 27.3. The first-order chi connectivity index (χ1) is 17.0. The first kappa shape index (κ1) is 33.8. The average Bonchev–Trinajstić information content (AvgIpc) is 2.80. The molecule has 0 spiro atoms. The lowest BCUT2D eigenvalue weighted by Gasteiger charge is -2.23. The topological polar surface area (TPSA) is 183 Å². The number of hydrazine groups is 1. The number of nitrogens with zero attached hydrogens (tertiary/aromatic N) is 3. The number of hydrogen-bond acceptors (Lipinski definition) is 8. The van der Waals surface area contributed by atoms with E-state index in [0.29, 0.717) is 18.4 Å². The lowest BCUT2D eigenvalue weighted by atomic mass is 9.74. The Kier molecular flexibility index (Phi) is 15.8. The summed E-state index contributed by atoms with van der Waals surface area (Å²) in [4.78, 5) is 42.5. The van der Waals surface area contributed by atoms with Crippen LogP contribution in [-0.4, -0.2) is 65.4 Å². The Labute approximate surface area is 220 Å². The van der Waals surface area contributed by atoms with Crippen LogP contribution in [0.3, 0.4) is 0 Å². The minimum atomic E-state index is -1.74. The molecule has 13 heteroatoms. The van der Waals surface area contributed by atoms with E-state index < -0.39 is 29.9 Å². The van der Waals surface area contributed by atoms with Crippen LogP contribution in [-0.2, 0) is 4.79 Å². The third kappa shape index (κ3) is 12.6. The van der Waals surface area contributed by atoms with Crippen LogP contribution in [0.5, 0.6) is 0 Å². The minimum Gasteiger partial charge on any atom is -0.426 e. The molecule has 0 aliphatic carbocycles. The van der Waals surface area contributed by atoms with Crippen LogP contribution >= 0.6 is 0 Å². The summed E-state index contributed by atoms with van der Waals surface area (Å²) in [7, 11) is -1.74. The fourth-order valence-corrected chi connectivity index (χ4v) is 3.84. The number of carbonyl (C=O) groups excluding carboxylic acids is 2. The number of aliphatic imine (C=N–C) groups is 1. The normalized spacial score (nSPS) is 12.8. The van der Waals surface area contributed by atoms with E-state index in [2.05, 4.69) is 15.2 Å². The molecule has 1 amide bonds. The molecule has 0 bridgehead atoms. The number of guanidine groups is 1. The van der Waals surface area contributed by atoms with Gasteiger partial charge in [-0.2, -0.15) is 0 Å². The number of carbonyl (C=O) groups is 2. The molecule has 1 rings (SSSR count). The van der Waals surface area contributed by atoms with Gasteiger partial charge in [-0.05, 0) is 63.3 Å². The van der Waals surface area contributed by atoms with E-state index in [0.717, 1.165) is 18.8 Å². The van der Waals surface area contributed by atoms with Crippen LogP contribution in [0.15, 0.2) is 29.3 Å². The highest BCUT2D eigenvalue weighted by molar-refractivity contribution is 6.43. The van der Waals surface area contributed by atoms with E-state index in [1.54, 1.807) is 17.6 Å². The van der Waals surface area contributed by atoms with Crippen LogP contribution in [0, 0.1) is 22.0 Å². The second-order valence-electron chi connectivity index (χ2n) is 8.98. The van der Waals surface area contributed by atoms with Gasteiger partial charge >= 0.3 is 7.12 Å². The molecule has 0 saturated carbocycles. The molecule has 0 unspecified atom stereocenters. The highest BCUT2D eigenvalue weighted by Crippen LogP contribution is 2.20. The molecular formula is C24H43BN6O6. The molecule has 0 aliphatic rings. The van der Waals surface area contributed by atoms with E-state index in [1.807, 2.05) is 39.8 Å². The summed E-state index contributed by atoms with van der Waals surface area (Å²) < 4.78 is 0. The third-order valence-corrected chi connectivity index (χ3v) is 5.73. The SMILES string of the molecule is C.CCN(CC)c1ccc(C(=O)C[C@@H](CCCN=C(N)N[N+](=O)[O-])C(=O)N[C@@H](CC(C)C)B(O)O)cc1. The minimum absolute atomic E-state index is 0. The molecule has 0 saturated heterocycles. The van der Waals surface area contributed by atoms with Gasteiger partial charge in [-0.1, -0.05) is 26.7 Å². The first-order valence-corrected chi connectivity index (χ1v) is 12.2. The number of ketones is 1. The summed E-state index contributed by atoms with van der Waals surface area (Å²) >= 11 is 0. The van der Waals surface area contributed by atoms with Gasteiger partial charge in [0.25, 0.3) is 5.96 Å². The van der Waals surface area contributed by atoms with Gasteiger partial charge in [0, 0.05) is 43.2 Å². The molecule has 208 valence electrons. The molecule has 1 aromatic rings. The monoisotopic (exact) mass is 522 g/mol. The Hall–Kier alpha value is -3.19. The summed E-state index contributed by atoms with van der Waals surface area (Å²) in [5.74, 6) is -2.57. The number of amides is 1. The fraction of sp³-hybridized carbons (Fsp3) is 0.625. The van der Waals surface area contributed by atoms with Crippen molar-refractivity contribution in [3.63, 3.8) is 0 Å². The van der Waals surface area contributed by atoms with Crippen molar-refractivity contribution >= 4 is 30.5 Å². The first-order valence-electron chi connectivity index (χ1n) is 12.2. The van der Waals surface area contributed by atoms with E-state index in [9.17, 15) is 29.8 Å². The largest absolute Gasteiger partial charge is 0.475 e. The van der Waals surface area contributed by atoms with Crippen molar-refractivity contribution in [2.24, 2.45) is 22.6 Å². The molecule has 0 fully saturated rings. The van der Waals surface area contributed by atoms with Crippen LogP contribution < -0.4 is 21.4 Å². The van der Waals surface area contributed by atoms with Gasteiger partial charge in [0.05, 0.1) is 5.94 Å². The maximum absolute atomic E-state index is 13.0. The summed E-state index contributed by atoms with van der Waals surface area (Å²) in [6.45, 7) is 9.67. The van der Waals surface area contributed by atoms with Crippen molar-refractivity contribution in [1.29, 1.82) is 0 Å². The van der Waals surface area contributed by atoms with Crippen LogP contribution in [0.25, 0.3) is 0 Å². The molecular weight excluding hydrogens is 479 g/mol. The standard InChI is InChI=1S/C23H39BN6O6.CH4/c1-5-29(6-2)19-11-9-17(10-12-19)20(31)15-18(8-7-13-26-23(25)28-30(35)36)22(32)27-21(24(33)34)14-16(3)4;/h9-12,16,18,21,33-34H,5-8,13-15H2,1-4H3,(H,27,32)(H3,25,26,28);1H4/t18-,21+;/m1./s1. The van der Waals surface area contributed by atoms with Gasteiger partial charge in [-0.3, -0.25) is 9.59 Å². The fourth-order valence-electron chi connectivity index (χ4n) is 3.84. The van der Waals surface area contributed by atoms with Gasteiger partial charge in [-0.25, -0.2) is 15.1 Å². The molecule has 0 aromatic heterocycles. The lowest BCUT2D eigenvalue weighted by Crippen LogP contribution is -2.49. The van der Waals surface area contributed by atoms with Crippen LogP contribution in [0.1, 0.15) is 71.2 Å². The van der Waals surface area contributed by atoms with Gasteiger partial charge in [0.15, 0.2) is 10.8 Å². The molecule has 37 heavy (non-hydrogen) atoms. The van der Waals surface area contributed by atoms with Crippen LogP contribution in [0.4, 0.5) is 5.69 Å². The van der Waals surface area contributed by atoms with Gasteiger partial charge in [0.1, 0.15) is 0 Å².